The molecule has 0 amide bonds. The highest BCUT2D eigenvalue weighted by Crippen LogP contribution is 2.44. The summed E-state index contributed by atoms with van der Waals surface area (Å²) in [6.07, 6.45) is 4.70. The summed E-state index contributed by atoms with van der Waals surface area (Å²) in [5, 5.41) is 0. The SMILES string of the molecule is COc1cc2c(cc1OC)C(C=Cc1ccc(N(C)C)cc1)(O[Cl+3]([O-])([O-])[O-])OC(C)=C2. The lowest BCUT2D eigenvalue weighted by atomic mass is 9.94. The second kappa shape index (κ2) is 8.78. The van der Waals surface area contributed by atoms with E-state index in [0.29, 0.717) is 22.8 Å². The van der Waals surface area contributed by atoms with Crippen LogP contribution in [0.5, 0.6) is 11.5 Å². The Morgan fingerprint density at radius 2 is 1.61 bits per heavy atom. The number of anilines is 1. The van der Waals surface area contributed by atoms with Crippen molar-refractivity contribution < 1.29 is 42.7 Å². The van der Waals surface area contributed by atoms with Crippen LogP contribution in [-0.4, -0.2) is 28.3 Å². The number of fused-ring (bicyclic) bond motifs is 1. The van der Waals surface area contributed by atoms with E-state index in [1.54, 1.807) is 25.1 Å². The molecule has 1 unspecified atom stereocenters. The number of ether oxygens (including phenoxy) is 3. The molecule has 0 radical (unpaired) electrons. The predicted octanol–water partition coefficient (Wildman–Crippen LogP) is 0.941. The van der Waals surface area contributed by atoms with Gasteiger partial charge >= 0.3 is 5.79 Å². The Morgan fingerprint density at radius 1 is 1.00 bits per heavy atom. The zero-order chi connectivity index (χ0) is 22.8. The lowest BCUT2D eigenvalue weighted by molar-refractivity contribution is -1.92. The summed E-state index contributed by atoms with van der Waals surface area (Å²) in [5.74, 6) is -0.900. The van der Waals surface area contributed by atoms with Crippen molar-refractivity contribution in [2.45, 2.75) is 12.7 Å². The number of hydrogen-bond donors (Lipinski definition) is 0. The maximum absolute atomic E-state index is 11.6. The van der Waals surface area contributed by atoms with Crippen molar-refractivity contribution in [3.8, 4) is 11.5 Å². The van der Waals surface area contributed by atoms with Crippen molar-refractivity contribution in [3.05, 3.63) is 64.9 Å². The lowest BCUT2D eigenvalue weighted by Crippen LogP contribution is -2.64. The number of nitrogens with zero attached hydrogens (tertiary/aromatic N) is 1. The van der Waals surface area contributed by atoms with E-state index in [9.17, 15) is 14.0 Å². The maximum Gasteiger partial charge on any atom is 0.408 e. The normalized spacial score (nSPS) is 18.3. The molecule has 0 saturated carbocycles. The van der Waals surface area contributed by atoms with Crippen molar-refractivity contribution in [3.63, 3.8) is 0 Å². The van der Waals surface area contributed by atoms with Gasteiger partial charge < -0.3 is 19.1 Å². The first-order valence-electron chi connectivity index (χ1n) is 9.29. The van der Waals surface area contributed by atoms with Crippen LogP contribution in [0.4, 0.5) is 5.69 Å². The van der Waals surface area contributed by atoms with Crippen LogP contribution in [0.2, 0.25) is 0 Å². The van der Waals surface area contributed by atoms with Gasteiger partial charge in [0, 0.05) is 25.9 Å². The Morgan fingerprint density at radius 3 is 2.16 bits per heavy atom. The van der Waals surface area contributed by atoms with Crippen LogP contribution in [-0.2, 0) is 14.8 Å². The van der Waals surface area contributed by atoms with Gasteiger partial charge in [-0.15, -0.1) is 0 Å². The zero-order valence-corrected chi connectivity index (χ0v) is 18.6. The molecular weight excluding hydrogens is 426 g/mol. The summed E-state index contributed by atoms with van der Waals surface area (Å²) >= 11 is 0. The molecular formula is C22H24ClNO7. The fourth-order valence-corrected chi connectivity index (χ4v) is 3.74. The first kappa shape index (κ1) is 22.9. The smallest absolute Gasteiger partial charge is 0.408 e. The summed E-state index contributed by atoms with van der Waals surface area (Å²) < 4.78 is 56.3. The van der Waals surface area contributed by atoms with Crippen LogP contribution in [0.25, 0.3) is 12.2 Å². The van der Waals surface area contributed by atoms with E-state index in [4.69, 9.17) is 18.5 Å². The average Bonchev–Trinajstić information content (AvgIpc) is 2.70. The molecule has 0 spiro atoms. The number of hydrogen-bond acceptors (Lipinski definition) is 8. The standard InChI is InChI=1S/C22H24ClNO7/c1-15-12-17-13-20(28-4)21(29-5)14-19(17)22(30-15,31-23(25,26)27)11-10-16-6-8-18(9-7-16)24(2)3/h6-14H,1-5H3. The van der Waals surface area contributed by atoms with Crippen LogP contribution >= 0.6 is 0 Å². The van der Waals surface area contributed by atoms with Gasteiger partial charge in [-0.2, -0.15) is 14.0 Å². The third kappa shape index (κ3) is 5.12. The minimum Gasteiger partial charge on any atom is -0.493 e. The minimum atomic E-state index is -4.83. The van der Waals surface area contributed by atoms with Gasteiger partial charge in [-0.1, -0.05) is 18.2 Å². The molecule has 1 atom stereocenters. The Hall–Kier alpha value is -2.75. The quantitative estimate of drug-likeness (QED) is 0.614. The summed E-state index contributed by atoms with van der Waals surface area (Å²) in [6.45, 7) is 1.63. The molecule has 0 fully saturated rings. The fourth-order valence-electron chi connectivity index (χ4n) is 3.30. The highest BCUT2D eigenvalue weighted by Gasteiger charge is 2.52. The molecule has 1 aliphatic rings. The van der Waals surface area contributed by atoms with Crippen LogP contribution < -0.4 is 28.4 Å². The van der Waals surface area contributed by atoms with E-state index in [0.717, 1.165) is 11.3 Å². The highest BCUT2D eigenvalue weighted by molar-refractivity contribution is 5.66. The Kier molecular flexibility index (Phi) is 6.49. The van der Waals surface area contributed by atoms with Crippen molar-refractivity contribution >= 4 is 17.8 Å². The van der Waals surface area contributed by atoms with E-state index in [1.165, 1.54) is 26.4 Å². The molecule has 0 bridgehead atoms. The van der Waals surface area contributed by atoms with Gasteiger partial charge in [-0.05, 0) is 48.4 Å². The molecule has 166 valence electrons. The first-order chi connectivity index (χ1) is 14.6. The number of halogens is 1. The fraction of sp³-hybridized carbons (Fsp3) is 0.273. The molecule has 2 aromatic carbocycles. The van der Waals surface area contributed by atoms with Crippen LogP contribution in [0.3, 0.4) is 0 Å². The molecule has 0 aliphatic carbocycles. The highest BCUT2D eigenvalue weighted by atomic mass is 35.7. The van der Waals surface area contributed by atoms with Gasteiger partial charge in [0.1, 0.15) is 4.29 Å². The number of benzene rings is 2. The molecule has 0 saturated heterocycles. The third-order valence-electron chi connectivity index (χ3n) is 4.72. The minimum absolute atomic E-state index is 0.281. The lowest BCUT2D eigenvalue weighted by Gasteiger charge is -2.32. The molecule has 0 N–H and O–H groups in total. The van der Waals surface area contributed by atoms with Gasteiger partial charge in [-0.3, -0.25) is 0 Å². The molecule has 2 aromatic rings. The van der Waals surface area contributed by atoms with E-state index < -0.39 is 16.0 Å². The average molecular weight is 450 g/mol. The number of allylic oxidation sites excluding steroid dienone is 1. The molecule has 0 aromatic heterocycles. The Labute approximate surface area is 183 Å². The second-order valence-electron chi connectivity index (χ2n) is 7.09. The molecule has 1 heterocycles. The van der Waals surface area contributed by atoms with Crippen LogP contribution in [0.15, 0.2) is 48.2 Å². The first-order valence-corrected chi connectivity index (χ1v) is 10.5. The summed E-state index contributed by atoms with van der Waals surface area (Å²) in [4.78, 5) is 1.95. The van der Waals surface area contributed by atoms with Crippen molar-refractivity contribution in [2.75, 3.05) is 33.2 Å². The van der Waals surface area contributed by atoms with Gasteiger partial charge in [0.2, 0.25) is 0 Å². The third-order valence-corrected chi connectivity index (χ3v) is 5.13. The maximum atomic E-state index is 11.6. The molecule has 3 rings (SSSR count). The Balaban J connectivity index is 2.13. The molecule has 1 aliphatic heterocycles. The molecule has 31 heavy (non-hydrogen) atoms. The van der Waals surface area contributed by atoms with Crippen molar-refractivity contribution in [2.24, 2.45) is 0 Å². The summed E-state index contributed by atoms with van der Waals surface area (Å²) in [7, 11) is 1.96. The number of methoxy groups -OCH3 is 2. The zero-order valence-electron chi connectivity index (χ0n) is 17.9. The van der Waals surface area contributed by atoms with Crippen molar-refractivity contribution in [1.29, 1.82) is 0 Å². The van der Waals surface area contributed by atoms with Gasteiger partial charge in [-0.25, -0.2) is 0 Å². The van der Waals surface area contributed by atoms with Crippen molar-refractivity contribution in [1.82, 2.24) is 0 Å². The van der Waals surface area contributed by atoms with Crippen LogP contribution in [0.1, 0.15) is 23.6 Å². The summed E-state index contributed by atoms with van der Waals surface area (Å²) in [5.41, 5.74) is 2.60. The van der Waals surface area contributed by atoms with E-state index in [2.05, 4.69) is 0 Å². The Bertz CT molecular complexity index is 996. The number of rotatable bonds is 7. The van der Waals surface area contributed by atoms with Gasteiger partial charge in [0.05, 0.1) is 35.8 Å². The molecule has 9 heteroatoms. The largest absolute Gasteiger partial charge is 0.493 e. The predicted molar refractivity (Wildman–Crippen MR) is 107 cm³/mol. The molecule has 8 nitrogen and oxygen atoms in total. The topological polar surface area (TPSA) is 109 Å². The van der Waals surface area contributed by atoms with Gasteiger partial charge in [0.25, 0.3) is 0 Å². The van der Waals surface area contributed by atoms with E-state index in [-0.39, 0.29) is 5.56 Å². The van der Waals surface area contributed by atoms with E-state index >= 15 is 0 Å². The van der Waals surface area contributed by atoms with Crippen LogP contribution in [0, 0.1) is 10.2 Å². The van der Waals surface area contributed by atoms with E-state index in [1.807, 2.05) is 43.3 Å². The summed E-state index contributed by atoms with van der Waals surface area (Å²) in [6, 6.07) is 10.7. The monoisotopic (exact) mass is 449 g/mol. The van der Waals surface area contributed by atoms with Gasteiger partial charge in [0.15, 0.2) is 11.5 Å². The second-order valence-corrected chi connectivity index (χ2v) is 8.00.